The van der Waals surface area contributed by atoms with Gasteiger partial charge in [0, 0.05) is 30.7 Å². The number of halogens is 1. The summed E-state index contributed by atoms with van der Waals surface area (Å²) in [6, 6.07) is 8.24. The van der Waals surface area contributed by atoms with Crippen LogP contribution in [0.2, 0.25) is 5.02 Å². The zero-order chi connectivity index (χ0) is 21.3. The van der Waals surface area contributed by atoms with E-state index in [-0.39, 0.29) is 40.0 Å². The van der Waals surface area contributed by atoms with Gasteiger partial charge >= 0.3 is 0 Å². The molecule has 3 rings (SSSR count). The number of β-lactam (4-membered cyclic amide) rings is 1. The van der Waals surface area contributed by atoms with Crippen molar-refractivity contribution in [1.29, 1.82) is 0 Å². The minimum Gasteiger partial charge on any atom is -0.326 e. The molecule has 0 saturated carbocycles. The maximum absolute atomic E-state index is 12.9. The lowest BCUT2D eigenvalue weighted by Gasteiger charge is -2.37. The third kappa shape index (κ3) is 4.08. The normalized spacial score (nSPS) is 14.8. The SMILES string of the molecule is Cc1ccccc1S(=O)(=O)NC(=O)C(c1ccc([N+](=O)[O-])cc1Cl)N1CCC1=O. The third-order valence-electron chi connectivity index (χ3n) is 4.55. The Hall–Kier alpha value is -2.98. The second kappa shape index (κ2) is 7.80. The number of likely N-dealkylation sites (tertiary alicyclic amines) is 1. The molecule has 0 spiro atoms. The first-order valence-electron chi connectivity index (χ1n) is 8.47. The lowest BCUT2D eigenvalue weighted by molar-refractivity contribution is -0.384. The Kier molecular flexibility index (Phi) is 5.58. The third-order valence-corrected chi connectivity index (χ3v) is 6.39. The topological polar surface area (TPSA) is 127 Å². The van der Waals surface area contributed by atoms with Gasteiger partial charge in [-0.1, -0.05) is 29.8 Å². The quantitative estimate of drug-likeness (QED) is 0.419. The first kappa shape index (κ1) is 20.7. The molecule has 1 N–H and O–H groups in total. The van der Waals surface area contributed by atoms with E-state index in [9.17, 15) is 28.1 Å². The number of nitrogens with zero attached hydrogens (tertiary/aromatic N) is 2. The van der Waals surface area contributed by atoms with Gasteiger partial charge in [-0.15, -0.1) is 0 Å². The van der Waals surface area contributed by atoms with Crippen LogP contribution in [0, 0.1) is 17.0 Å². The molecule has 1 heterocycles. The molecule has 2 aromatic carbocycles. The molecule has 1 aliphatic heterocycles. The fourth-order valence-electron chi connectivity index (χ4n) is 3.01. The molecule has 1 aliphatic rings. The van der Waals surface area contributed by atoms with E-state index in [0.29, 0.717) is 5.56 Å². The van der Waals surface area contributed by atoms with E-state index in [1.807, 2.05) is 4.72 Å². The average molecular weight is 438 g/mol. The van der Waals surface area contributed by atoms with Gasteiger partial charge in [0.1, 0.15) is 6.04 Å². The zero-order valence-corrected chi connectivity index (χ0v) is 16.7. The molecule has 0 aliphatic carbocycles. The van der Waals surface area contributed by atoms with Crippen LogP contribution in [-0.2, 0) is 19.6 Å². The van der Waals surface area contributed by atoms with Gasteiger partial charge in [-0.05, 0) is 24.6 Å². The number of benzene rings is 2. The van der Waals surface area contributed by atoms with Gasteiger partial charge in [0.2, 0.25) is 5.91 Å². The molecule has 152 valence electrons. The Morgan fingerprint density at radius 3 is 2.48 bits per heavy atom. The molecule has 0 radical (unpaired) electrons. The highest BCUT2D eigenvalue weighted by molar-refractivity contribution is 7.90. The van der Waals surface area contributed by atoms with Gasteiger partial charge in [0.15, 0.2) is 0 Å². The zero-order valence-electron chi connectivity index (χ0n) is 15.2. The van der Waals surface area contributed by atoms with Crippen LogP contribution in [0.3, 0.4) is 0 Å². The summed E-state index contributed by atoms with van der Waals surface area (Å²) < 4.78 is 27.4. The molecule has 1 atom stereocenters. The summed E-state index contributed by atoms with van der Waals surface area (Å²) in [6.07, 6.45) is 0.207. The summed E-state index contributed by atoms with van der Waals surface area (Å²) in [5.41, 5.74) is 0.251. The van der Waals surface area contributed by atoms with Crippen molar-refractivity contribution < 1.29 is 22.9 Å². The number of rotatable bonds is 6. The van der Waals surface area contributed by atoms with Gasteiger partial charge in [-0.2, -0.15) is 0 Å². The van der Waals surface area contributed by atoms with E-state index in [2.05, 4.69) is 0 Å². The van der Waals surface area contributed by atoms with Crippen LogP contribution in [0.4, 0.5) is 5.69 Å². The van der Waals surface area contributed by atoms with E-state index >= 15 is 0 Å². The Bertz CT molecular complexity index is 1120. The summed E-state index contributed by atoms with van der Waals surface area (Å²) in [4.78, 5) is 36.3. The Labute approximate surface area is 171 Å². The van der Waals surface area contributed by atoms with Crippen LogP contribution in [0.15, 0.2) is 47.4 Å². The largest absolute Gasteiger partial charge is 0.326 e. The van der Waals surface area contributed by atoms with Crippen LogP contribution in [0.1, 0.15) is 23.6 Å². The number of sulfonamides is 1. The Morgan fingerprint density at radius 2 is 1.97 bits per heavy atom. The number of nitrogens with one attached hydrogen (secondary N) is 1. The van der Waals surface area contributed by atoms with Crippen molar-refractivity contribution in [3.63, 3.8) is 0 Å². The highest BCUT2D eigenvalue weighted by atomic mass is 35.5. The fraction of sp³-hybridized carbons (Fsp3) is 0.222. The fourth-order valence-corrected chi connectivity index (χ4v) is 4.52. The van der Waals surface area contributed by atoms with Crippen molar-refractivity contribution in [2.24, 2.45) is 0 Å². The minimum atomic E-state index is -4.20. The highest BCUT2D eigenvalue weighted by Crippen LogP contribution is 2.34. The van der Waals surface area contributed by atoms with Crippen molar-refractivity contribution in [3.8, 4) is 0 Å². The standard InChI is InChI=1S/C18H16ClN3O6S/c1-11-4-2-3-5-15(11)29(27,28)20-18(24)17(21-9-8-16(21)23)13-7-6-12(22(25)26)10-14(13)19/h2-7,10,17H,8-9H2,1H3,(H,20,24). The molecule has 29 heavy (non-hydrogen) atoms. The summed E-state index contributed by atoms with van der Waals surface area (Å²) in [6.45, 7) is 1.82. The molecule has 2 aromatic rings. The molecule has 9 nitrogen and oxygen atoms in total. The first-order valence-corrected chi connectivity index (χ1v) is 10.3. The monoisotopic (exact) mass is 437 g/mol. The van der Waals surface area contributed by atoms with E-state index in [4.69, 9.17) is 11.6 Å². The number of carbonyl (C=O) groups is 2. The maximum atomic E-state index is 12.9. The number of hydrogen-bond donors (Lipinski definition) is 1. The van der Waals surface area contributed by atoms with Crippen LogP contribution in [0.5, 0.6) is 0 Å². The molecule has 2 amide bonds. The predicted octanol–water partition coefficient (Wildman–Crippen LogP) is 2.34. The van der Waals surface area contributed by atoms with E-state index in [1.165, 1.54) is 23.1 Å². The minimum absolute atomic E-state index is 0.0724. The van der Waals surface area contributed by atoms with E-state index in [0.717, 1.165) is 12.1 Å². The number of non-ortho nitro benzene ring substituents is 1. The van der Waals surface area contributed by atoms with E-state index < -0.39 is 26.9 Å². The van der Waals surface area contributed by atoms with Crippen molar-refractivity contribution in [2.45, 2.75) is 24.3 Å². The second-order valence-corrected chi connectivity index (χ2v) is 8.50. The highest BCUT2D eigenvalue weighted by Gasteiger charge is 2.39. The number of nitro benzene ring substituents is 1. The van der Waals surface area contributed by atoms with Crippen LogP contribution < -0.4 is 4.72 Å². The molecule has 11 heteroatoms. The van der Waals surface area contributed by atoms with Gasteiger partial charge < -0.3 is 4.90 Å². The summed E-state index contributed by atoms with van der Waals surface area (Å²) in [7, 11) is -4.20. The first-order chi connectivity index (χ1) is 13.6. The summed E-state index contributed by atoms with van der Waals surface area (Å²) >= 11 is 6.13. The summed E-state index contributed by atoms with van der Waals surface area (Å²) in [5.74, 6) is -1.33. The lowest BCUT2D eigenvalue weighted by atomic mass is 10.00. The predicted molar refractivity (Wildman–Crippen MR) is 104 cm³/mol. The molecule has 1 saturated heterocycles. The van der Waals surface area contributed by atoms with Crippen LogP contribution in [-0.4, -0.2) is 36.6 Å². The van der Waals surface area contributed by atoms with Crippen LogP contribution in [0.25, 0.3) is 0 Å². The average Bonchev–Trinajstić information content (AvgIpc) is 2.64. The smallest absolute Gasteiger partial charge is 0.270 e. The molecule has 0 bridgehead atoms. The molecular weight excluding hydrogens is 422 g/mol. The van der Waals surface area contributed by atoms with E-state index in [1.54, 1.807) is 19.1 Å². The van der Waals surface area contributed by atoms with Crippen molar-refractivity contribution >= 4 is 39.1 Å². The van der Waals surface area contributed by atoms with Gasteiger partial charge in [0.05, 0.1) is 14.8 Å². The number of nitro groups is 1. The molecule has 1 fully saturated rings. The second-order valence-electron chi connectivity index (χ2n) is 6.44. The maximum Gasteiger partial charge on any atom is 0.270 e. The van der Waals surface area contributed by atoms with Crippen molar-refractivity contribution in [1.82, 2.24) is 9.62 Å². The lowest BCUT2D eigenvalue weighted by Crippen LogP contribution is -2.51. The molecular formula is C18H16ClN3O6S. The van der Waals surface area contributed by atoms with Gasteiger partial charge in [-0.25, -0.2) is 13.1 Å². The van der Waals surface area contributed by atoms with Gasteiger partial charge in [0.25, 0.3) is 21.6 Å². The van der Waals surface area contributed by atoms with Crippen molar-refractivity contribution in [2.75, 3.05) is 6.54 Å². The Morgan fingerprint density at radius 1 is 1.28 bits per heavy atom. The van der Waals surface area contributed by atoms with Crippen LogP contribution >= 0.6 is 11.6 Å². The van der Waals surface area contributed by atoms with Crippen molar-refractivity contribution in [3.05, 3.63) is 68.7 Å². The summed E-state index contributed by atoms with van der Waals surface area (Å²) in [5, 5.41) is 10.8. The molecule has 1 unspecified atom stereocenters. The molecule has 0 aromatic heterocycles. The number of carbonyl (C=O) groups excluding carboxylic acids is 2. The Balaban J connectivity index is 1.98. The number of hydrogen-bond acceptors (Lipinski definition) is 6. The number of amides is 2. The van der Waals surface area contributed by atoms with Gasteiger partial charge in [-0.3, -0.25) is 19.7 Å². The number of aryl methyl sites for hydroxylation is 1.